The molecule has 21 heavy (non-hydrogen) atoms. The topological polar surface area (TPSA) is 49.3 Å². The first-order valence-corrected chi connectivity index (χ1v) is 8.01. The first-order chi connectivity index (χ1) is 9.78. The maximum Gasteiger partial charge on any atom is 0.404 e. The molecule has 1 aliphatic rings. The summed E-state index contributed by atoms with van der Waals surface area (Å²) >= 11 is 17.3. The number of hydrogen-bond acceptors (Lipinski definition) is 1. The van der Waals surface area contributed by atoms with Crippen LogP contribution in [0.15, 0.2) is 24.3 Å². The number of hydrogen-bond donors (Lipinski definition) is 2. The number of amides is 1. The van der Waals surface area contributed by atoms with E-state index >= 15 is 0 Å². The molecule has 0 spiro atoms. The average molecular weight is 353 g/mol. The summed E-state index contributed by atoms with van der Waals surface area (Å²) in [6, 6.07) is 7.34. The van der Waals surface area contributed by atoms with Gasteiger partial charge in [0.1, 0.15) is 4.33 Å². The van der Waals surface area contributed by atoms with Crippen LogP contribution in [0, 0.1) is 11.8 Å². The third kappa shape index (κ3) is 5.93. The van der Waals surface area contributed by atoms with Crippen LogP contribution in [0.1, 0.15) is 25.8 Å². The van der Waals surface area contributed by atoms with E-state index in [4.69, 9.17) is 39.9 Å². The third-order valence-corrected chi connectivity index (χ3v) is 5.14. The molecular weight excluding hydrogens is 333 g/mol. The van der Waals surface area contributed by atoms with Crippen molar-refractivity contribution in [1.29, 1.82) is 0 Å². The van der Waals surface area contributed by atoms with Gasteiger partial charge >= 0.3 is 6.09 Å². The SMILES string of the molecule is CCC1C(C)C1(Cl)Cl.O=C(O)NCCc1ccc(Cl)cc1. The highest BCUT2D eigenvalue weighted by Crippen LogP contribution is 2.60. The lowest BCUT2D eigenvalue weighted by atomic mass is 10.1. The van der Waals surface area contributed by atoms with E-state index in [9.17, 15) is 4.79 Å². The second-order valence-electron chi connectivity index (χ2n) is 5.09. The summed E-state index contributed by atoms with van der Waals surface area (Å²) in [5.41, 5.74) is 1.07. The Morgan fingerprint density at radius 1 is 1.33 bits per heavy atom. The van der Waals surface area contributed by atoms with E-state index in [1.54, 1.807) is 12.1 Å². The highest BCUT2D eigenvalue weighted by Gasteiger charge is 2.58. The third-order valence-electron chi connectivity index (χ3n) is 3.64. The van der Waals surface area contributed by atoms with Crippen molar-refractivity contribution < 1.29 is 9.90 Å². The van der Waals surface area contributed by atoms with E-state index in [0.29, 0.717) is 29.8 Å². The van der Waals surface area contributed by atoms with E-state index in [1.165, 1.54) is 0 Å². The van der Waals surface area contributed by atoms with Crippen LogP contribution < -0.4 is 5.32 Å². The lowest BCUT2D eigenvalue weighted by Crippen LogP contribution is -2.23. The molecule has 0 heterocycles. The Labute approximate surface area is 140 Å². The average Bonchev–Trinajstić information content (AvgIpc) is 2.90. The number of alkyl halides is 2. The summed E-state index contributed by atoms with van der Waals surface area (Å²) in [5, 5.41) is 11.3. The largest absolute Gasteiger partial charge is 0.465 e. The molecule has 0 bridgehead atoms. The zero-order chi connectivity index (χ0) is 16.0. The van der Waals surface area contributed by atoms with Gasteiger partial charge in [0.25, 0.3) is 0 Å². The molecule has 1 amide bonds. The number of carboxylic acid groups (broad SMARTS) is 1. The Morgan fingerprint density at radius 3 is 2.19 bits per heavy atom. The fourth-order valence-electron chi connectivity index (χ4n) is 2.15. The van der Waals surface area contributed by atoms with Gasteiger partial charge in [0.2, 0.25) is 0 Å². The second kappa shape index (κ2) is 8.11. The van der Waals surface area contributed by atoms with Gasteiger partial charge in [-0.25, -0.2) is 4.79 Å². The normalized spacial score (nSPS) is 22.0. The van der Waals surface area contributed by atoms with Crippen LogP contribution in [0.2, 0.25) is 5.02 Å². The van der Waals surface area contributed by atoms with Crippen molar-refractivity contribution in [3.8, 4) is 0 Å². The number of carbonyl (C=O) groups is 1. The molecule has 0 aromatic heterocycles. The molecule has 1 aliphatic carbocycles. The highest BCUT2D eigenvalue weighted by molar-refractivity contribution is 6.51. The van der Waals surface area contributed by atoms with E-state index in [2.05, 4.69) is 19.2 Å². The van der Waals surface area contributed by atoms with Crippen LogP contribution in [0.5, 0.6) is 0 Å². The summed E-state index contributed by atoms with van der Waals surface area (Å²) in [6.45, 7) is 4.64. The van der Waals surface area contributed by atoms with Crippen molar-refractivity contribution in [3.63, 3.8) is 0 Å². The molecule has 0 radical (unpaired) electrons. The van der Waals surface area contributed by atoms with Crippen LogP contribution >= 0.6 is 34.8 Å². The number of benzene rings is 1. The lowest BCUT2D eigenvalue weighted by Gasteiger charge is -2.01. The minimum absolute atomic E-state index is 0.380. The molecule has 118 valence electrons. The molecule has 3 nitrogen and oxygen atoms in total. The predicted octanol–water partition coefficient (Wildman–Crippen LogP) is 4.99. The summed E-state index contributed by atoms with van der Waals surface area (Å²) in [4.78, 5) is 10.1. The van der Waals surface area contributed by atoms with Gasteiger partial charge in [0, 0.05) is 11.6 Å². The summed E-state index contributed by atoms with van der Waals surface area (Å²) < 4.78 is -0.380. The zero-order valence-electron chi connectivity index (χ0n) is 12.1. The molecule has 0 saturated heterocycles. The number of halogens is 3. The molecule has 1 aromatic carbocycles. The number of nitrogens with one attached hydrogen (secondary N) is 1. The Balaban J connectivity index is 0.000000235. The van der Waals surface area contributed by atoms with Crippen LogP contribution in [0.4, 0.5) is 4.79 Å². The van der Waals surface area contributed by atoms with Gasteiger partial charge in [-0.2, -0.15) is 0 Å². The minimum Gasteiger partial charge on any atom is -0.465 e. The molecule has 1 fully saturated rings. The number of rotatable bonds is 4. The molecular formula is C15H20Cl3NO2. The van der Waals surface area contributed by atoms with Gasteiger partial charge in [-0.15, -0.1) is 23.2 Å². The van der Waals surface area contributed by atoms with Crippen LogP contribution in [0.3, 0.4) is 0 Å². The predicted molar refractivity (Wildman–Crippen MR) is 88.6 cm³/mol. The summed E-state index contributed by atoms with van der Waals surface area (Å²) in [5.74, 6) is 1.06. The van der Waals surface area contributed by atoms with Crippen molar-refractivity contribution in [2.75, 3.05) is 6.54 Å². The van der Waals surface area contributed by atoms with Gasteiger partial charge in [0.15, 0.2) is 0 Å². The van der Waals surface area contributed by atoms with Crippen molar-refractivity contribution >= 4 is 40.9 Å². The monoisotopic (exact) mass is 351 g/mol. The van der Waals surface area contributed by atoms with Crippen molar-refractivity contribution in [3.05, 3.63) is 34.9 Å². The zero-order valence-corrected chi connectivity index (χ0v) is 14.3. The standard InChI is InChI=1S/C9H10ClNO2.C6H10Cl2/c10-8-3-1-7(2-4-8)5-6-11-9(12)13;1-3-5-4(2)6(5,7)8/h1-4,11H,5-6H2,(H,12,13);4-5H,3H2,1-2H3. The molecule has 2 rings (SSSR count). The quantitative estimate of drug-likeness (QED) is 0.750. The molecule has 6 heteroatoms. The van der Waals surface area contributed by atoms with E-state index in [-0.39, 0.29) is 4.33 Å². The Kier molecular flexibility index (Phi) is 7.11. The maximum atomic E-state index is 10.1. The summed E-state index contributed by atoms with van der Waals surface area (Å²) in [6.07, 6.45) is 0.798. The fourth-order valence-corrected chi connectivity index (χ4v) is 3.14. The van der Waals surface area contributed by atoms with Crippen molar-refractivity contribution in [2.24, 2.45) is 11.8 Å². The van der Waals surface area contributed by atoms with Crippen LogP contribution in [-0.2, 0) is 6.42 Å². The van der Waals surface area contributed by atoms with E-state index < -0.39 is 6.09 Å². The van der Waals surface area contributed by atoms with Crippen LogP contribution in [-0.4, -0.2) is 22.1 Å². The van der Waals surface area contributed by atoms with E-state index in [1.807, 2.05) is 12.1 Å². The smallest absolute Gasteiger partial charge is 0.404 e. The first kappa shape index (κ1) is 18.4. The molecule has 2 atom stereocenters. The molecule has 1 saturated carbocycles. The molecule has 2 unspecified atom stereocenters. The summed E-state index contributed by atoms with van der Waals surface area (Å²) in [7, 11) is 0. The Morgan fingerprint density at radius 2 is 1.86 bits per heavy atom. The van der Waals surface area contributed by atoms with Gasteiger partial charge in [-0.05, 0) is 36.0 Å². The Bertz CT molecular complexity index is 462. The maximum absolute atomic E-state index is 10.1. The highest BCUT2D eigenvalue weighted by atomic mass is 35.5. The van der Waals surface area contributed by atoms with Crippen LogP contribution in [0.25, 0.3) is 0 Å². The van der Waals surface area contributed by atoms with Crippen molar-refractivity contribution in [1.82, 2.24) is 5.32 Å². The Hall–Kier alpha value is -0.640. The second-order valence-corrected chi connectivity index (χ2v) is 6.97. The van der Waals surface area contributed by atoms with E-state index in [0.717, 1.165) is 12.0 Å². The van der Waals surface area contributed by atoms with Crippen molar-refractivity contribution in [2.45, 2.75) is 31.0 Å². The fraction of sp³-hybridized carbons (Fsp3) is 0.533. The van der Waals surface area contributed by atoms with Gasteiger partial charge in [-0.3, -0.25) is 0 Å². The minimum atomic E-state index is -0.992. The van der Waals surface area contributed by atoms with Gasteiger partial charge in [-0.1, -0.05) is 44.0 Å². The van der Waals surface area contributed by atoms with Gasteiger partial charge < -0.3 is 10.4 Å². The lowest BCUT2D eigenvalue weighted by molar-refractivity contribution is 0.194. The molecule has 0 aliphatic heterocycles. The van der Waals surface area contributed by atoms with Gasteiger partial charge in [0.05, 0.1) is 0 Å². The first-order valence-electron chi connectivity index (χ1n) is 6.88. The molecule has 2 N–H and O–H groups in total. The molecule has 1 aromatic rings.